The number of Topliss-reactive ketones (excluding diaryl/α,β-unsaturated/α-hetero) is 1. The number of benzene rings is 2. The van der Waals surface area contributed by atoms with Crippen molar-refractivity contribution in [3.63, 3.8) is 0 Å². The molecule has 7 nitrogen and oxygen atoms in total. The number of nitrogens with two attached hydrogens (primary N) is 1. The summed E-state index contributed by atoms with van der Waals surface area (Å²) < 4.78 is 25.2. The summed E-state index contributed by atoms with van der Waals surface area (Å²) in [6.07, 6.45) is 0.310. The highest BCUT2D eigenvalue weighted by atomic mass is 79.9. The summed E-state index contributed by atoms with van der Waals surface area (Å²) in [6, 6.07) is 11.0. The number of carbonyl (C=O) groups is 3. The van der Waals surface area contributed by atoms with Crippen molar-refractivity contribution in [1.29, 1.82) is 0 Å². The maximum absolute atomic E-state index is 13.7. The topological polar surface area (TPSA) is 108 Å². The van der Waals surface area contributed by atoms with Crippen LogP contribution in [0.15, 0.2) is 69.7 Å². The molecule has 5 rings (SSSR count). The van der Waals surface area contributed by atoms with Gasteiger partial charge in [-0.25, -0.2) is 9.18 Å². The maximum Gasteiger partial charge on any atom is 0.341 e. The van der Waals surface area contributed by atoms with E-state index in [4.69, 9.17) is 15.2 Å². The molecule has 0 fully saturated rings. The van der Waals surface area contributed by atoms with Gasteiger partial charge in [-0.2, -0.15) is 0 Å². The third kappa shape index (κ3) is 3.18. The highest BCUT2D eigenvalue weighted by molar-refractivity contribution is 9.10. The van der Waals surface area contributed by atoms with Crippen LogP contribution in [0.2, 0.25) is 0 Å². The molecule has 2 unspecified atom stereocenters. The molecule has 2 aliphatic heterocycles. The van der Waals surface area contributed by atoms with Crippen molar-refractivity contribution in [1.82, 2.24) is 0 Å². The van der Waals surface area contributed by atoms with E-state index in [1.807, 2.05) is 0 Å². The quantitative estimate of drug-likeness (QED) is 0.586. The van der Waals surface area contributed by atoms with Crippen molar-refractivity contribution in [2.45, 2.75) is 31.1 Å². The molecule has 0 bridgehead atoms. The molecule has 1 spiro atoms. The number of amides is 1. The fourth-order valence-electron chi connectivity index (χ4n) is 5.08. The average Bonchev–Trinajstić information content (AvgIpc) is 3.05. The van der Waals surface area contributed by atoms with Gasteiger partial charge in [-0.3, -0.25) is 9.59 Å². The van der Waals surface area contributed by atoms with E-state index in [1.165, 1.54) is 12.1 Å². The SMILES string of the molecule is CCOC(=O)C1=C(N)OC2=C(C(=O)CC(c3ccc(F)cc3)C2)C12C(=O)Nc1ccc(Br)cc12. The van der Waals surface area contributed by atoms with Crippen LogP contribution < -0.4 is 11.1 Å². The molecule has 1 amide bonds. The zero-order valence-corrected chi connectivity index (χ0v) is 19.7. The smallest absolute Gasteiger partial charge is 0.341 e. The number of esters is 1. The molecule has 2 aromatic rings. The predicted molar refractivity (Wildman–Crippen MR) is 124 cm³/mol. The Balaban J connectivity index is 1.73. The third-order valence-electron chi connectivity index (χ3n) is 6.45. The van der Waals surface area contributed by atoms with E-state index < -0.39 is 17.3 Å². The number of carbonyl (C=O) groups excluding carboxylic acids is 3. The lowest BCUT2D eigenvalue weighted by Gasteiger charge is -2.40. The lowest BCUT2D eigenvalue weighted by Crippen LogP contribution is -2.49. The first-order valence-corrected chi connectivity index (χ1v) is 11.6. The third-order valence-corrected chi connectivity index (χ3v) is 6.94. The number of rotatable bonds is 3. The molecule has 0 saturated heterocycles. The van der Waals surface area contributed by atoms with E-state index >= 15 is 0 Å². The van der Waals surface area contributed by atoms with Crippen molar-refractivity contribution in [2.75, 3.05) is 11.9 Å². The Hall–Kier alpha value is -3.46. The minimum atomic E-state index is -1.80. The number of halogens is 2. The molecule has 3 N–H and O–H groups in total. The lowest BCUT2D eigenvalue weighted by molar-refractivity contribution is -0.141. The summed E-state index contributed by atoms with van der Waals surface area (Å²) in [6.45, 7) is 1.68. The van der Waals surface area contributed by atoms with Gasteiger partial charge in [-0.05, 0) is 48.7 Å². The summed E-state index contributed by atoms with van der Waals surface area (Å²) in [7, 11) is 0. The number of anilines is 1. The van der Waals surface area contributed by atoms with E-state index in [-0.39, 0.29) is 59.8 Å². The average molecular weight is 527 g/mol. The van der Waals surface area contributed by atoms with E-state index in [9.17, 15) is 18.8 Å². The largest absolute Gasteiger partial charge is 0.462 e. The Morgan fingerprint density at radius 1 is 1.24 bits per heavy atom. The second kappa shape index (κ2) is 8.09. The zero-order valence-electron chi connectivity index (χ0n) is 18.1. The summed E-state index contributed by atoms with van der Waals surface area (Å²) in [5, 5.41) is 2.79. The Bertz CT molecular complexity index is 1320. The number of ketones is 1. The molecule has 2 aromatic carbocycles. The molecule has 9 heteroatoms. The van der Waals surface area contributed by atoms with E-state index in [1.54, 1.807) is 37.3 Å². The van der Waals surface area contributed by atoms with Gasteiger partial charge in [0.2, 0.25) is 11.8 Å². The van der Waals surface area contributed by atoms with Gasteiger partial charge in [0.25, 0.3) is 0 Å². The summed E-state index contributed by atoms with van der Waals surface area (Å²) >= 11 is 3.42. The maximum atomic E-state index is 13.7. The molecule has 0 aromatic heterocycles. The van der Waals surface area contributed by atoms with Crippen molar-refractivity contribution < 1.29 is 28.2 Å². The molecule has 2 atom stereocenters. The number of hydrogen-bond acceptors (Lipinski definition) is 6. The van der Waals surface area contributed by atoms with Crippen LogP contribution in [0.1, 0.15) is 36.8 Å². The summed E-state index contributed by atoms with van der Waals surface area (Å²) in [4.78, 5) is 40.5. The second-order valence-corrected chi connectivity index (χ2v) is 9.25. The van der Waals surface area contributed by atoms with Crippen molar-refractivity contribution in [3.05, 3.63) is 86.7 Å². The normalized spacial score (nSPS) is 23.4. The molecule has 174 valence electrons. The first-order valence-electron chi connectivity index (χ1n) is 10.8. The Labute approximate surface area is 202 Å². The monoisotopic (exact) mass is 526 g/mol. The van der Waals surface area contributed by atoms with Gasteiger partial charge in [-0.1, -0.05) is 28.1 Å². The number of allylic oxidation sites excluding steroid dienone is 1. The standard InChI is InChI=1S/C25H20BrFN2O5/c1-2-33-23(31)21-22(28)34-19-10-13(12-3-6-15(27)7-4-12)9-18(30)20(19)25(21)16-11-14(26)5-8-17(16)29-24(25)32/h3-8,11,13H,2,9-10,28H2,1H3,(H,29,32). The van der Waals surface area contributed by atoms with Crippen LogP contribution in [0.3, 0.4) is 0 Å². The molecule has 2 heterocycles. The van der Waals surface area contributed by atoms with Crippen LogP contribution in [0.4, 0.5) is 10.1 Å². The molecular formula is C25H20BrFN2O5. The van der Waals surface area contributed by atoms with Gasteiger partial charge >= 0.3 is 5.97 Å². The van der Waals surface area contributed by atoms with Gasteiger partial charge in [-0.15, -0.1) is 0 Å². The zero-order chi connectivity index (χ0) is 24.2. The van der Waals surface area contributed by atoms with Crippen LogP contribution >= 0.6 is 15.9 Å². The summed E-state index contributed by atoms with van der Waals surface area (Å²) in [5.41, 5.74) is 5.96. The van der Waals surface area contributed by atoms with Crippen molar-refractivity contribution in [2.24, 2.45) is 5.73 Å². The molecule has 3 aliphatic rings. The number of fused-ring (bicyclic) bond motifs is 3. The van der Waals surface area contributed by atoms with Gasteiger partial charge in [0.1, 0.15) is 22.6 Å². The van der Waals surface area contributed by atoms with Crippen LogP contribution in [0.5, 0.6) is 0 Å². The first kappa shape index (κ1) is 22.3. The minimum absolute atomic E-state index is 0.0468. The van der Waals surface area contributed by atoms with Crippen LogP contribution in [0, 0.1) is 5.82 Å². The molecular weight excluding hydrogens is 507 g/mol. The Morgan fingerprint density at radius 3 is 2.68 bits per heavy atom. The minimum Gasteiger partial charge on any atom is -0.462 e. The number of hydrogen-bond donors (Lipinski definition) is 2. The Kier molecular flexibility index (Phi) is 5.31. The first-order chi connectivity index (χ1) is 16.3. The Morgan fingerprint density at radius 2 is 1.97 bits per heavy atom. The molecule has 1 aliphatic carbocycles. The van der Waals surface area contributed by atoms with Crippen LogP contribution in [-0.4, -0.2) is 24.3 Å². The van der Waals surface area contributed by atoms with Crippen LogP contribution in [0.25, 0.3) is 0 Å². The van der Waals surface area contributed by atoms with E-state index in [2.05, 4.69) is 21.2 Å². The number of nitrogens with one attached hydrogen (secondary N) is 1. The van der Waals surface area contributed by atoms with E-state index in [0.29, 0.717) is 15.7 Å². The second-order valence-electron chi connectivity index (χ2n) is 8.33. The lowest BCUT2D eigenvalue weighted by atomic mass is 9.63. The van der Waals surface area contributed by atoms with Crippen molar-refractivity contribution in [3.8, 4) is 0 Å². The highest BCUT2D eigenvalue weighted by Crippen LogP contribution is 2.56. The summed E-state index contributed by atoms with van der Waals surface area (Å²) in [5.74, 6) is -2.50. The van der Waals surface area contributed by atoms with Gasteiger partial charge in [0.15, 0.2) is 5.78 Å². The van der Waals surface area contributed by atoms with E-state index in [0.717, 1.165) is 5.56 Å². The van der Waals surface area contributed by atoms with Gasteiger partial charge in [0.05, 0.1) is 12.2 Å². The molecule has 34 heavy (non-hydrogen) atoms. The predicted octanol–water partition coefficient (Wildman–Crippen LogP) is 3.94. The highest BCUT2D eigenvalue weighted by Gasteiger charge is 2.62. The van der Waals surface area contributed by atoms with Gasteiger partial charge < -0.3 is 20.5 Å². The van der Waals surface area contributed by atoms with Gasteiger partial charge in [0, 0.05) is 28.6 Å². The molecule has 0 radical (unpaired) electrons. The van der Waals surface area contributed by atoms with Crippen LogP contribution in [-0.2, 0) is 29.3 Å². The fraction of sp³-hybridized carbons (Fsp3) is 0.240. The fourth-order valence-corrected chi connectivity index (χ4v) is 5.44. The number of ether oxygens (including phenoxy) is 2. The molecule has 0 saturated carbocycles. The van der Waals surface area contributed by atoms with Crippen molar-refractivity contribution >= 4 is 39.3 Å².